The van der Waals surface area contributed by atoms with Crippen molar-refractivity contribution in [3.63, 3.8) is 0 Å². The Bertz CT molecular complexity index is 342. The van der Waals surface area contributed by atoms with Crippen LogP contribution in [-0.2, 0) is 0 Å². The second-order valence-electron chi connectivity index (χ2n) is 2.67. The molecule has 0 aliphatic rings. The Labute approximate surface area is 99.3 Å². The zero-order valence-corrected chi connectivity index (χ0v) is 10.6. The van der Waals surface area contributed by atoms with Crippen LogP contribution in [0.3, 0.4) is 0 Å². The Morgan fingerprint density at radius 1 is 1.43 bits per heavy atom. The van der Waals surface area contributed by atoms with Crippen LogP contribution in [0.4, 0.5) is 0 Å². The molecule has 0 aliphatic carbocycles. The summed E-state index contributed by atoms with van der Waals surface area (Å²) >= 11 is 6.63. The minimum atomic E-state index is -0.116. The van der Waals surface area contributed by atoms with Crippen molar-refractivity contribution < 1.29 is 4.79 Å². The number of nitrogens with one attached hydrogen (secondary N) is 1. The van der Waals surface area contributed by atoms with Crippen LogP contribution in [-0.4, -0.2) is 19.0 Å². The van der Waals surface area contributed by atoms with Crippen LogP contribution < -0.4 is 11.1 Å². The fourth-order valence-corrected chi connectivity index (χ4v) is 2.18. The Balaban J connectivity index is 2.80. The summed E-state index contributed by atoms with van der Waals surface area (Å²) < 4.78 is 1.70. The molecule has 0 saturated heterocycles. The van der Waals surface area contributed by atoms with Gasteiger partial charge >= 0.3 is 0 Å². The van der Waals surface area contributed by atoms with Gasteiger partial charge in [0.2, 0.25) is 0 Å². The van der Waals surface area contributed by atoms with E-state index in [2.05, 4.69) is 37.2 Å². The number of halogens is 2. The lowest BCUT2D eigenvalue weighted by molar-refractivity contribution is 0.0954. The van der Waals surface area contributed by atoms with E-state index in [0.29, 0.717) is 18.7 Å². The first-order valence-corrected chi connectivity index (χ1v) is 5.67. The maximum Gasteiger partial charge on any atom is 0.252 e. The van der Waals surface area contributed by atoms with Gasteiger partial charge in [-0.25, -0.2) is 0 Å². The molecule has 0 aromatic heterocycles. The Kier molecular flexibility index (Phi) is 4.57. The fourth-order valence-electron chi connectivity index (χ4n) is 0.955. The normalized spacial score (nSPS) is 9.93. The van der Waals surface area contributed by atoms with E-state index < -0.39 is 0 Å². The summed E-state index contributed by atoms with van der Waals surface area (Å²) in [5, 5.41) is 2.70. The number of rotatable bonds is 3. The molecule has 5 heteroatoms. The number of nitrogens with two attached hydrogens (primary N) is 1. The average molecular weight is 322 g/mol. The molecule has 0 spiro atoms. The van der Waals surface area contributed by atoms with Gasteiger partial charge in [0.25, 0.3) is 5.91 Å². The third kappa shape index (κ3) is 3.08. The van der Waals surface area contributed by atoms with E-state index >= 15 is 0 Å². The number of amides is 1. The molecule has 1 amide bonds. The quantitative estimate of drug-likeness (QED) is 0.893. The van der Waals surface area contributed by atoms with E-state index in [9.17, 15) is 4.79 Å². The summed E-state index contributed by atoms with van der Waals surface area (Å²) in [6.45, 7) is 0.932. The first kappa shape index (κ1) is 11.7. The molecule has 0 saturated carbocycles. The Hall–Kier alpha value is -0.390. The zero-order valence-electron chi connectivity index (χ0n) is 7.39. The van der Waals surface area contributed by atoms with Crippen molar-refractivity contribution in [2.75, 3.05) is 13.1 Å². The molecule has 0 fully saturated rings. The molecule has 0 atom stereocenters. The number of hydrogen-bond acceptors (Lipinski definition) is 2. The van der Waals surface area contributed by atoms with Gasteiger partial charge in [0.1, 0.15) is 0 Å². The summed E-state index contributed by atoms with van der Waals surface area (Å²) in [7, 11) is 0. The highest BCUT2D eigenvalue weighted by Crippen LogP contribution is 2.21. The number of benzene rings is 1. The van der Waals surface area contributed by atoms with Crippen LogP contribution in [0.2, 0.25) is 0 Å². The van der Waals surface area contributed by atoms with Crippen LogP contribution >= 0.6 is 31.9 Å². The van der Waals surface area contributed by atoms with Gasteiger partial charge in [-0.05, 0) is 34.1 Å². The molecule has 0 radical (unpaired) electrons. The van der Waals surface area contributed by atoms with Crippen LogP contribution in [0.15, 0.2) is 27.1 Å². The minimum absolute atomic E-state index is 0.116. The summed E-state index contributed by atoms with van der Waals surface area (Å²) in [6.07, 6.45) is 0. The highest BCUT2D eigenvalue weighted by Gasteiger charge is 2.08. The topological polar surface area (TPSA) is 55.1 Å². The molecule has 3 nitrogen and oxygen atoms in total. The molecule has 76 valence electrons. The lowest BCUT2D eigenvalue weighted by Crippen LogP contribution is -2.29. The van der Waals surface area contributed by atoms with Gasteiger partial charge in [0.05, 0.1) is 5.56 Å². The van der Waals surface area contributed by atoms with Crippen molar-refractivity contribution in [3.05, 3.63) is 32.7 Å². The van der Waals surface area contributed by atoms with Crippen molar-refractivity contribution in [2.45, 2.75) is 0 Å². The van der Waals surface area contributed by atoms with Crippen molar-refractivity contribution in [1.82, 2.24) is 5.32 Å². The lowest BCUT2D eigenvalue weighted by Gasteiger charge is -2.05. The first-order valence-electron chi connectivity index (χ1n) is 4.08. The number of carbonyl (C=O) groups excluding carboxylic acids is 1. The Morgan fingerprint density at radius 2 is 2.14 bits per heavy atom. The maximum atomic E-state index is 11.5. The smallest absolute Gasteiger partial charge is 0.252 e. The minimum Gasteiger partial charge on any atom is -0.351 e. The number of hydrogen-bond donors (Lipinski definition) is 2. The van der Waals surface area contributed by atoms with E-state index in [0.717, 1.165) is 8.95 Å². The molecular weight excluding hydrogens is 312 g/mol. The van der Waals surface area contributed by atoms with Gasteiger partial charge in [-0.1, -0.05) is 15.9 Å². The molecule has 0 heterocycles. The van der Waals surface area contributed by atoms with Gasteiger partial charge in [-0.3, -0.25) is 4.79 Å². The third-order valence-electron chi connectivity index (χ3n) is 1.61. The van der Waals surface area contributed by atoms with E-state index in [1.807, 2.05) is 12.1 Å². The molecule has 0 bridgehead atoms. The highest BCUT2D eigenvalue weighted by molar-refractivity contribution is 9.11. The van der Waals surface area contributed by atoms with Crippen molar-refractivity contribution >= 4 is 37.8 Å². The maximum absolute atomic E-state index is 11.5. The number of carbonyl (C=O) groups is 1. The van der Waals surface area contributed by atoms with Gasteiger partial charge in [-0.15, -0.1) is 0 Å². The van der Waals surface area contributed by atoms with E-state index in [1.54, 1.807) is 6.07 Å². The fraction of sp³-hybridized carbons (Fsp3) is 0.222. The Morgan fingerprint density at radius 3 is 2.71 bits per heavy atom. The molecule has 1 aromatic carbocycles. The average Bonchev–Trinajstić information content (AvgIpc) is 2.14. The second-order valence-corrected chi connectivity index (χ2v) is 4.44. The van der Waals surface area contributed by atoms with Gasteiger partial charge in [-0.2, -0.15) is 0 Å². The molecule has 1 aromatic rings. The van der Waals surface area contributed by atoms with Crippen molar-refractivity contribution in [2.24, 2.45) is 5.73 Å². The predicted octanol–water partition coefficient (Wildman–Crippen LogP) is 1.90. The van der Waals surface area contributed by atoms with Gasteiger partial charge < -0.3 is 11.1 Å². The predicted molar refractivity (Wildman–Crippen MR) is 63.2 cm³/mol. The largest absolute Gasteiger partial charge is 0.351 e. The van der Waals surface area contributed by atoms with Gasteiger partial charge in [0.15, 0.2) is 0 Å². The van der Waals surface area contributed by atoms with Crippen LogP contribution in [0.5, 0.6) is 0 Å². The van der Waals surface area contributed by atoms with Crippen LogP contribution in [0, 0.1) is 0 Å². The lowest BCUT2D eigenvalue weighted by atomic mass is 10.2. The summed E-state index contributed by atoms with van der Waals surface area (Å²) in [4.78, 5) is 11.5. The van der Waals surface area contributed by atoms with Crippen LogP contribution in [0.25, 0.3) is 0 Å². The zero-order chi connectivity index (χ0) is 10.6. The monoisotopic (exact) mass is 320 g/mol. The van der Waals surface area contributed by atoms with E-state index in [-0.39, 0.29) is 5.91 Å². The SMILES string of the molecule is NCCNC(=O)c1ccc(Br)cc1Br. The molecule has 3 N–H and O–H groups in total. The van der Waals surface area contributed by atoms with E-state index in [1.165, 1.54) is 0 Å². The molecule has 0 aliphatic heterocycles. The summed E-state index contributed by atoms with van der Waals surface area (Å²) in [6, 6.07) is 5.40. The van der Waals surface area contributed by atoms with Crippen LogP contribution in [0.1, 0.15) is 10.4 Å². The van der Waals surface area contributed by atoms with E-state index in [4.69, 9.17) is 5.73 Å². The van der Waals surface area contributed by atoms with Crippen molar-refractivity contribution in [1.29, 1.82) is 0 Å². The molecule has 1 rings (SSSR count). The summed E-state index contributed by atoms with van der Waals surface area (Å²) in [5.74, 6) is -0.116. The molecule has 14 heavy (non-hydrogen) atoms. The summed E-state index contributed by atoms with van der Waals surface area (Å²) in [5.41, 5.74) is 5.90. The third-order valence-corrected chi connectivity index (χ3v) is 2.75. The standard InChI is InChI=1S/C9H10Br2N2O/c10-6-1-2-7(8(11)5-6)9(14)13-4-3-12/h1-2,5H,3-4,12H2,(H,13,14). The molecule has 0 unspecified atom stereocenters. The second kappa shape index (κ2) is 5.48. The van der Waals surface area contributed by atoms with Gasteiger partial charge in [0, 0.05) is 22.0 Å². The van der Waals surface area contributed by atoms with Crippen molar-refractivity contribution in [3.8, 4) is 0 Å². The highest BCUT2D eigenvalue weighted by atomic mass is 79.9. The molecular formula is C9H10Br2N2O. The first-order chi connectivity index (χ1) is 6.65.